The molecule has 0 spiro atoms. The van der Waals surface area contributed by atoms with Gasteiger partial charge < -0.3 is 5.32 Å². The van der Waals surface area contributed by atoms with Crippen LogP contribution in [-0.2, 0) is 16.8 Å². The van der Waals surface area contributed by atoms with E-state index in [1.807, 2.05) is 24.4 Å². The third kappa shape index (κ3) is 1.86. The number of nitrogens with one attached hydrogen (secondary N) is 1. The van der Waals surface area contributed by atoms with Gasteiger partial charge in [-0.15, -0.1) is 11.3 Å². The second-order valence-corrected chi connectivity index (χ2v) is 6.87. The van der Waals surface area contributed by atoms with Crippen LogP contribution < -0.4 is 5.32 Å². The Balaban J connectivity index is 1.77. The molecule has 6 heteroatoms. The lowest BCUT2D eigenvalue weighted by atomic mass is 9.93. The van der Waals surface area contributed by atoms with Gasteiger partial charge in [-0.3, -0.25) is 4.79 Å². The Morgan fingerprint density at radius 1 is 1.50 bits per heavy atom. The average Bonchev–Trinajstić information content (AvgIpc) is 2.86. The maximum absolute atomic E-state index is 12.7. The van der Waals surface area contributed by atoms with Crippen LogP contribution in [-0.4, -0.2) is 16.2 Å². The predicted octanol–water partition coefficient (Wildman–Crippen LogP) is 2.42. The minimum absolute atomic E-state index is 0.000936. The molecule has 3 rings (SSSR count). The fourth-order valence-corrected chi connectivity index (χ4v) is 3.89. The van der Waals surface area contributed by atoms with Crippen LogP contribution in [0, 0.1) is 12.3 Å². The molecule has 1 atom stereocenters. The molecule has 1 saturated carbocycles. The van der Waals surface area contributed by atoms with Crippen LogP contribution in [0.25, 0.3) is 0 Å². The highest BCUT2D eigenvalue weighted by molar-refractivity contribution is 7.10. The lowest BCUT2D eigenvalue weighted by Gasteiger charge is -2.18. The molecule has 20 heavy (non-hydrogen) atoms. The van der Waals surface area contributed by atoms with Crippen LogP contribution >= 0.6 is 11.3 Å². The summed E-state index contributed by atoms with van der Waals surface area (Å²) in [6.07, 6.45) is 0.877. The van der Waals surface area contributed by atoms with Crippen molar-refractivity contribution in [2.24, 2.45) is 5.41 Å². The van der Waals surface area contributed by atoms with Gasteiger partial charge in [0, 0.05) is 4.88 Å². The highest BCUT2D eigenvalue weighted by Gasteiger charge is 2.67. The van der Waals surface area contributed by atoms with Gasteiger partial charge in [-0.05, 0) is 30.2 Å². The van der Waals surface area contributed by atoms with Gasteiger partial charge in [0.1, 0.15) is 11.4 Å². The van der Waals surface area contributed by atoms with E-state index in [0.717, 1.165) is 11.3 Å². The summed E-state index contributed by atoms with van der Waals surface area (Å²) in [6.45, 7) is 6.44. The van der Waals surface area contributed by atoms with Crippen LogP contribution in [0.15, 0.2) is 22.1 Å². The highest BCUT2D eigenvalue weighted by atomic mass is 32.1. The molecule has 2 aromatic heterocycles. The van der Waals surface area contributed by atoms with E-state index < -0.39 is 5.41 Å². The maximum atomic E-state index is 12.7. The average molecular weight is 291 g/mol. The number of carbonyl (C=O) groups excluding carboxylic acids is 1. The molecule has 2 heterocycles. The first-order chi connectivity index (χ1) is 9.47. The molecular formula is C14H17N3O2S. The van der Waals surface area contributed by atoms with Gasteiger partial charge in [-0.25, -0.2) is 4.63 Å². The molecule has 2 aromatic rings. The zero-order valence-corrected chi connectivity index (χ0v) is 12.6. The number of aryl methyl sites for hydroxylation is 1. The fraction of sp³-hybridized carbons (Fsp3) is 0.500. The minimum Gasteiger partial charge on any atom is -0.349 e. The molecule has 106 valence electrons. The molecule has 0 aromatic carbocycles. The maximum Gasteiger partial charge on any atom is 0.232 e. The monoisotopic (exact) mass is 291 g/mol. The van der Waals surface area contributed by atoms with E-state index in [-0.39, 0.29) is 11.3 Å². The van der Waals surface area contributed by atoms with Crippen molar-refractivity contribution in [3.8, 4) is 0 Å². The predicted molar refractivity (Wildman–Crippen MR) is 75.3 cm³/mol. The summed E-state index contributed by atoms with van der Waals surface area (Å²) in [7, 11) is 0. The summed E-state index contributed by atoms with van der Waals surface area (Å²) >= 11 is 1.64. The highest BCUT2D eigenvalue weighted by Crippen LogP contribution is 2.65. The lowest BCUT2D eigenvalue weighted by molar-refractivity contribution is -0.124. The molecule has 0 bridgehead atoms. The van der Waals surface area contributed by atoms with Crippen molar-refractivity contribution < 1.29 is 9.42 Å². The van der Waals surface area contributed by atoms with Crippen molar-refractivity contribution in [3.63, 3.8) is 0 Å². The molecule has 1 aliphatic carbocycles. The summed E-state index contributed by atoms with van der Waals surface area (Å²) in [5.41, 5.74) is 0.995. The van der Waals surface area contributed by atoms with Gasteiger partial charge >= 0.3 is 0 Å². The molecule has 0 radical (unpaired) electrons. The first-order valence-electron chi connectivity index (χ1n) is 6.58. The molecule has 1 fully saturated rings. The third-order valence-corrected chi connectivity index (χ3v) is 5.26. The number of hydrogen-bond acceptors (Lipinski definition) is 5. The van der Waals surface area contributed by atoms with Gasteiger partial charge in [-0.2, -0.15) is 0 Å². The first kappa shape index (κ1) is 13.3. The van der Waals surface area contributed by atoms with E-state index in [9.17, 15) is 4.79 Å². The number of carbonyl (C=O) groups is 1. The molecule has 0 unspecified atom stereocenters. The molecule has 1 aliphatic rings. The minimum atomic E-state index is -0.397. The van der Waals surface area contributed by atoms with Gasteiger partial charge in [0.15, 0.2) is 0 Å². The quantitative estimate of drug-likeness (QED) is 0.939. The Hall–Kier alpha value is -1.69. The van der Waals surface area contributed by atoms with Crippen LogP contribution in [0.5, 0.6) is 0 Å². The van der Waals surface area contributed by atoms with E-state index in [2.05, 4.69) is 34.1 Å². The molecule has 0 aliphatic heterocycles. The largest absolute Gasteiger partial charge is 0.349 e. The Labute approximate surface area is 121 Å². The van der Waals surface area contributed by atoms with Crippen molar-refractivity contribution in [3.05, 3.63) is 33.8 Å². The van der Waals surface area contributed by atoms with Crippen LogP contribution in [0.3, 0.4) is 0 Å². The van der Waals surface area contributed by atoms with E-state index in [4.69, 9.17) is 0 Å². The summed E-state index contributed by atoms with van der Waals surface area (Å²) in [5.74, 6) is 0.0624. The lowest BCUT2D eigenvalue weighted by Crippen LogP contribution is -2.37. The normalized spacial score (nSPS) is 23.6. The smallest absolute Gasteiger partial charge is 0.232 e. The summed E-state index contributed by atoms with van der Waals surface area (Å²) < 4.78 is 4.64. The topological polar surface area (TPSA) is 68.0 Å². The van der Waals surface area contributed by atoms with Gasteiger partial charge in [0.2, 0.25) is 5.91 Å². The molecule has 1 amide bonds. The number of aromatic nitrogens is 2. The molecule has 1 N–H and O–H groups in total. The van der Waals surface area contributed by atoms with E-state index >= 15 is 0 Å². The fourth-order valence-electron chi connectivity index (χ4n) is 2.79. The molecule has 0 saturated heterocycles. The van der Waals surface area contributed by atoms with E-state index in [1.165, 1.54) is 0 Å². The van der Waals surface area contributed by atoms with Crippen molar-refractivity contribution in [1.29, 1.82) is 0 Å². The van der Waals surface area contributed by atoms with Crippen molar-refractivity contribution in [2.45, 2.75) is 39.2 Å². The summed E-state index contributed by atoms with van der Waals surface area (Å²) in [5, 5.41) is 12.5. The van der Waals surface area contributed by atoms with E-state index in [1.54, 1.807) is 11.3 Å². The Morgan fingerprint density at radius 2 is 2.25 bits per heavy atom. The molecular weight excluding hydrogens is 274 g/mol. The van der Waals surface area contributed by atoms with Crippen molar-refractivity contribution in [2.75, 3.05) is 0 Å². The van der Waals surface area contributed by atoms with Crippen LogP contribution in [0.4, 0.5) is 0 Å². The second kappa shape index (κ2) is 4.41. The number of amides is 1. The zero-order valence-electron chi connectivity index (χ0n) is 11.8. The van der Waals surface area contributed by atoms with Crippen LogP contribution in [0.1, 0.15) is 36.5 Å². The first-order valence-corrected chi connectivity index (χ1v) is 7.46. The number of rotatable bonds is 4. The third-order valence-electron chi connectivity index (χ3n) is 4.23. The second-order valence-electron chi connectivity index (χ2n) is 5.92. The summed E-state index contributed by atoms with van der Waals surface area (Å²) in [6, 6.07) is 4.04. The Morgan fingerprint density at radius 3 is 2.75 bits per heavy atom. The van der Waals surface area contributed by atoms with Gasteiger partial charge in [-0.1, -0.05) is 30.2 Å². The zero-order chi connectivity index (χ0) is 14.4. The number of hydrogen-bond donors (Lipinski definition) is 1. The molecule has 5 nitrogen and oxygen atoms in total. The van der Waals surface area contributed by atoms with Crippen molar-refractivity contribution in [1.82, 2.24) is 15.6 Å². The van der Waals surface area contributed by atoms with Gasteiger partial charge in [0.25, 0.3) is 0 Å². The van der Waals surface area contributed by atoms with E-state index in [0.29, 0.717) is 17.9 Å². The number of nitrogens with zero attached hydrogens (tertiary/aromatic N) is 2. The van der Waals surface area contributed by atoms with Crippen molar-refractivity contribution >= 4 is 17.2 Å². The summed E-state index contributed by atoms with van der Waals surface area (Å²) in [4.78, 5) is 13.8. The number of thiophene rings is 1. The standard InChI is InChI=1S/C14H17N3O2S/c1-9-10(17-19-16-9)7-15-12(18)14(8-13(14,2)3)11-5-4-6-20-11/h4-6H,7-8H2,1-3H3,(H,15,18)/t14-/m1/s1. The SMILES string of the molecule is Cc1nonc1CNC(=O)[C@]1(c2cccs2)CC1(C)C. The Kier molecular flexibility index (Phi) is 2.93. The van der Waals surface area contributed by atoms with Gasteiger partial charge in [0.05, 0.1) is 12.0 Å². The Bertz CT molecular complexity index is 633. The van der Waals surface area contributed by atoms with Crippen LogP contribution in [0.2, 0.25) is 0 Å².